The number of nitrogens with zero attached hydrogens (tertiary/aromatic N) is 3. The van der Waals surface area contributed by atoms with E-state index in [0.29, 0.717) is 6.54 Å². The van der Waals surface area contributed by atoms with Gasteiger partial charge in [-0.25, -0.2) is 9.78 Å². The van der Waals surface area contributed by atoms with Gasteiger partial charge in [-0.05, 0) is 25.0 Å². The Balaban J connectivity index is 1.70. The number of hydrogen-bond donors (Lipinski definition) is 0. The fraction of sp³-hybridized carbons (Fsp3) is 0.250. The molecule has 0 unspecified atom stereocenters. The molecule has 1 aliphatic heterocycles. The van der Waals surface area contributed by atoms with Crippen molar-refractivity contribution in [2.24, 2.45) is 0 Å². The second kappa shape index (κ2) is 5.93. The van der Waals surface area contributed by atoms with Gasteiger partial charge < -0.3 is 9.64 Å². The Morgan fingerprint density at radius 3 is 2.86 bits per heavy atom. The van der Waals surface area contributed by atoms with Crippen LogP contribution in [-0.4, -0.2) is 34.5 Å². The first-order valence-electron chi connectivity index (χ1n) is 7.03. The average molecular weight is 297 g/mol. The number of aromatic nitrogens is 2. The molecule has 0 radical (unpaired) electrons. The first kappa shape index (κ1) is 14.2. The van der Waals surface area contributed by atoms with Crippen LogP contribution in [0.15, 0.2) is 42.9 Å². The molecular formula is C16H15N3O3. The molecule has 0 N–H and O–H groups in total. The molecule has 1 aliphatic rings. The van der Waals surface area contributed by atoms with Gasteiger partial charge in [-0.3, -0.25) is 9.78 Å². The molecule has 0 fully saturated rings. The molecule has 0 bridgehead atoms. The van der Waals surface area contributed by atoms with E-state index in [0.717, 1.165) is 17.7 Å². The summed E-state index contributed by atoms with van der Waals surface area (Å²) in [6, 6.07) is 7.74. The van der Waals surface area contributed by atoms with Gasteiger partial charge >= 0.3 is 5.97 Å². The van der Waals surface area contributed by atoms with Crippen LogP contribution in [0.4, 0.5) is 5.69 Å². The number of hydrogen-bond acceptors (Lipinski definition) is 5. The number of ether oxygens (including phenoxy) is 1. The van der Waals surface area contributed by atoms with Gasteiger partial charge in [0.1, 0.15) is 0 Å². The number of benzene rings is 1. The predicted molar refractivity (Wildman–Crippen MR) is 79.4 cm³/mol. The van der Waals surface area contributed by atoms with Crippen molar-refractivity contribution in [3.8, 4) is 0 Å². The van der Waals surface area contributed by atoms with Crippen molar-refractivity contribution in [1.29, 1.82) is 0 Å². The minimum Gasteiger partial charge on any atom is -0.448 e. The zero-order valence-electron chi connectivity index (χ0n) is 12.1. The smallest absolute Gasteiger partial charge is 0.359 e. The summed E-state index contributed by atoms with van der Waals surface area (Å²) in [4.78, 5) is 33.7. The van der Waals surface area contributed by atoms with Crippen molar-refractivity contribution >= 4 is 17.6 Å². The average Bonchev–Trinajstić information content (AvgIpc) is 2.99. The van der Waals surface area contributed by atoms with E-state index in [1.165, 1.54) is 18.6 Å². The van der Waals surface area contributed by atoms with Gasteiger partial charge in [-0.1, -0.05) is 18.2 Å². The molecule has 1 atom stereocenters. The molecule has 6 nitrogen and oxygen atoms in total. The predicted octanol–water partition coefficient (Wildman–Crippen LogP) is 1.61. The molecule has 6 heteroatoms. The molecule has 1 aromatic carbocycles. The number of anilines is 1. The summed E-state index contributed by atoms with van der Waals surface area (Å²) >= 11 is 0. The SMILES string of the molecule is C[C@@H](OC(=O)c1cnccn1)C(=O)N1CCc2ccccc21. The number of fused-ring (bicyclic) bond motifs is 1. The van der Waals surface area contributed by atoms with Gasteiger partial charge in [-0.2, -0.15) is 0 Å². The number of esters is 1. The van der Waals surface area contributed by atoms with Crippen LogP contribution in [0, 0.1) is 0 Å². The molecule has 1 aromatic heterocycles. The second-order valence-electron chi connectivity index (χ2n) is 5.01. The van der Waals surface area contributed by atoms with Crippen LogP contribution >= 0.6 is 0 Å². The van der Waals surface area contributed by atoms with Crippen molar-refractivity contribution in [1.82, 2.24) is 9.97 Å². The van der Waals surface area contributed by atoms with E-state index in [1.54, 1.807) is 11.8 Å². The minimum absolute atomic E-state index is 0.0870. The van der Waals surface area contributed by atoms with E-state index < -0.39 is 12.1 Å². The highest BCUT2D eigenvalue weighted by Crippen LogP contribution is 2.28. The summed E-state index contributed by atoms with van der Waals surface area (Å²) in [7, 11) is 0. The van der Waals surface area contributed by atoms with Crippen LogP contribution < -0.4 is 4.90 Å². The molecule has 1 amide bonds. The molecule has 2 aromatic rings. The van der Waals surface area contributed by atoms with E-state index in [2.05, 4.69) is 9.97 Å². The number of rotatable bonds is 3. The van der Waals surface area contributed by atoms with E-state index >= 15 is 0 Å². The van der Waals surface area contributed by atoms with Crippen LogP contribution in [0.25, 0.3) is 0 Å². The molecule has 22 heavy (non-hydrogen) atoms. The molecule has 0 saturated heterocycles. The topological polar surface area (TPSA) is 72.4 Å². The maximum Gasteiger partial charge on any atom is 0.359 e. The molecule has 112 valence electrons. The van der Waals surface area contributed by atoms with Crippen LogP contribution in [0.3, 0.4) is 0 Å². The van der Waals surface area contributed by atoms with Crippen LogP contribution in [0.2, 0.25) is 0 Å². The van der Waals surface area contributed by atoms with Crippen molar-refractivity contribution in [2.75, 3.05) is 11.4 Å². The van der Waals surface area contributed by atoms with Gasteiger partial charge in [0.25, 0.3) is 5.91 Å². The molecule has 2 heterocycles. The highest BCUT2D eigenvalue weighted by atomic mass is 16.5. The lowest BCUT2D eigenvalue weighted by Crippen LogP contribution is -2.39. The molecule has 0 saturated carbocycles. The van der Waals surface area contributed by atoms with Crippen LogP contribution in [0.1, 0.15) is 23.0 Å². The number of amides is 1. The Bertz CT molecular complexity index is 703. The minimum atomic E-state index is -0.874. The first-order valence-corrected chi connectivity index (χ1v) is 7.03. The Hall–Kier alpha value is -2.76. The highest BCUT2D eigenvalue weighted by Gasteiger charge is 2.30. The number of carbonyl (C=O) groups is 2. The maximum absolute atomic E-state index is 12.5. The Kier molecular flexibility index (Phi) is 3.82. The summed E-state index contributed by atoms with van der Waals surface area (Å²) in [5.74, 6) is -0.886. The van der Waals surface area contributed by atoms with Gasteiger partial charge in [0.2, 0.25) is 0 Å². The number of para-hydroxylation sites is 1. The fourth-order valence-corrected chi connectivity index (χ4v) is 2.46. The van der Waals surface area contributed by atoms with E-state index in [4.69, 9.17) is 4.74 Å². The lowest BCUT2D eigenvalue weighted by atomic mass is 10.2. The van der Waals surface area contributed by atoms with Gasteiger partial charge in [0.15, 0.2) is 11.8 Å². The molecule has 3 rings (SSSR count). The summed E-state index contributed by atoms with van der Waals surface area (Å²) in [5.41, 5.74) is 2.10. The Morgan fingerprint density at radius 2 is 2.09 bits per heavy atom. The highest BCUT2D eigenvalue weighted by molar-refractivity contribution is 6.00. The lowest BCUT2D eigenvalue weighted by molar-refractivity contribution is -0.126. The normalized spacial score (nSPS) is 14.3. The summed E-state index contributed by atoms with van der Waals surface area (Å²) < 4.78 is 5.19. The number of carbonyl (C=O) groups excluding carboxylic acids is 2. The fourth-order valence-electron chi connectivity index (χ4n) is 2.46. The third-order valence-corrected chi connectivity index (χ3v) is 3.56. The van der Waals surface area contributed by atoms with E-state index in [9.17, 15) is 9.59 Å². The van der Waals surface area contributed by atoms with Crippen LogP contribution in [-0.2, 0) is 16.0 Å². The largest absolute Gasteiger partial charge is 0.448 e. The monoisotopic (exact) mass is 297 g/mol. The first-order chi connectivity index (χ1) is 10.7. The zero-order valence-corrected chi connectivity index (χ0v) is 12.1. The van der Waals surface area contributed by atoms with E-state index in [-0.39, 0.29) is 11.6 Å². The molecule has 0 spiro atoms. The second-order valence-corrected chi connectivity index (χ2v) is 5.01. The van der Waals surface area contributed by atoms with Crippen molar-refractivity contribution in [2.45, 2.75) is 19.4 Å². The standard InChI is InChI=1S/C16H15N3O3/c1-11(22-16(21)13-10-17-7-8-18-13)15(20)19-9-6-12-4-2-3-5-14(12)19/h2-5,7-8,10-11H,6,9H2,1H3/t11-/m1/s1. The summed E-state index contributed by atoms with van der Waals surface area (Å²) in [6.45, 7) is 2.17. The van der Waals surface area contributed by atoms with Crippen LogP contribution in [0.5, 0.6) is 0 Å². The summed E-state index contributed by atoms with van der Waals surface area (Å²) in [5, 5.41) is 0. The third kappa shape index (κ3) is 2.67. The van der Waals surface area contributed by atoms with Gasteiger partial charge in [0, 0.05) is 24.6 Å². The maximum atomic E-state index is 12.5. The van der Waals surface area contributed by atoms with Crippen molar-refractivity contribution < 1.29 is 14.3 Å². The molecular weight excluding hydrogens is 282 g/mol. The van der Waals surface area contributed by atoms with Crippen molar-refractivity contribution in [3.63, 3.8) is 0 Å². The molecule has 0 aliphatic carbocycles. The lowest BCUT2D eigenvalue weighted by Gasteiger charge is -2.21. The van der Waals surface area contributed by atoms with E-state index in [1.807, 2.05) is 24.3 Å². The Morgan fingerprint density at radius 1 is 1.27 bits per heavy atom. The quantitative estimate of drug-likeness (QED) is 0.805. The third-order valence-electron chi connectivity index (χ3n) is 3.56. The zero-order chi connectivity index (χ0) is 15.5. The van der Waals surface area contributed by atoms with Gasteiger partial charge in [-0.15, -0.1) is 0 Å². The Labute approximate surface area is 127 Å². The summed E-state index contributed by atoms with van der Waals surface area (Å²) in [6.07, 6.45) is 4.12. The van der Waals surface area contributed by atoms with Crippen molar-refractivity contribution in [3.05, 3.63) is 54.1 Å². The van der Waals surface area contributed by atoms with Gasteiger partial charge in [0.05, 0.1) is 6.20 Å².